The molecule has 0 atom stereocenters. The van der Waals surface area contributed by atoms with Gasteiger partial charge in [-0.1, -0.05) is 30.3 Å². The van der Waals surface area contributed by atoms with Crippen LogP contribution in [0.3, 0.4) is 0 Å². The number of benzene rings is 2. The number of fused-ring (bicyclic) bond motifs is 1. The summed E-state index contributed by atoms with van der Waals surface area (Å²) in [5.74, 6) is 0.709. The highest BCUT2D eigenvalue weighted by molar-refractivity contribution is 7.89. The average molecular weight is 423 g/mol. The molecule has 3 N–H and O–H groups in total. The van der Waals surface area contributed by atoms with Crippen molar-refractivity contribution in [2.75, 3.05) is 18.5 Å². The SMILES string of the molecule is Cc1cc2nc(-c3ccccc3)cc(Nc3ccc(S(=O)(=O)NCCO)cc3)n2n1. The van der Waals surface area contributed by atoms with Crippen LogP contribution in [0.5, 0.6) is 0 Å². The van der Waals surface area contributed by atoms with Gasteiger partial charge in [-0.2, -0.15) is 9.61 Å². The minimum atomic E-state index is -3.65. The van der Waals surface area contributed by atoms with Gasteiger partial charge >= 0.3 is 0 Å². The van der Waals surface area contributed by atoms with Crippen LogP contribution in [0.1, 0.15) is 5.69 Å². The van der Waals surface area contributed by atoms with E-state index in [4.69, 9.17) is 10.1 Å². The molecule has 0 radical (unpaired) electrons. The zero-order chi connectivity index (χ0) is 21.1. The lowest BCUT2D eigenvalue weighted by molar-refractivity contribution is 0.301. The fourth-order valence-electron chi connectivity index (χ4n) is 3.06. The third kappa shape index (κ3) is 4.18. The fourth-order valence-corrected chi connectivity index (χ4v) is 4.08. The summed E-state index contributed by atoms with van der Waals surface area (Å²) in [6, 6.07) is 20.0. The Balaban J connectivity index is 1.68. The highest BCUT2D eigenvalue weighted by Crippen LogP contribution is 2.25. The van der Waals surface area contributed by atoms with E-state index in [-0.39, 0.29) is 18.0 Å². The summed E-state index contributed by atoms with van der Waals surface area (Å²) in [4.78, 5) is 4.82. The molecule has 0 bridgehead atoms. The lowest BCUT2D eigenvalue weighted by Crippen LogP contribution is -2.26. The molecule has 2 aromatic heterocycles. The van der Waals surface area contributed by atoms with Gasteiger partial charge < -0.3 is 10.4 Å². The van der Waals surface area contributed by atoms with Crippen molar-refractivity contribution < 1.29 is 13.5 Å². The van der Waals surface area contributed by atoms with Crippen molar-refractivity contribution >= 4 is 27.2 Å². The van der Waals surface area contributed by atoms with Crippen LogP contribution < -0.4 is 10.0 Å². The Hall–Kier alpha value is -3.27. The van der Waals surface area contributed by atoms with Crippen molar-refractivity contribution in [1.29, 1.82) is 0 Å². The maximum atomic E-state index is 12.2. The van der Waals surface area contributed by atoms with Crippen LogP contribution in [-0.2, 0) is 10.0 Å². The zero-order valence-electron chi connectivity index (χ0n) is 16.3. The van der Waals surface area contributed by atoms with Gasteiger partial charge in [-0.05, 0) is 31.2 Å². The van der Waals surface area contributed by atoms with Crippen molar-refractivity contribution in [3.05, 3.63) is 72.4 Å². The van der Waals surface area contributed by atoms with Crippen LogP contribution in [0.15, 0.2) is 71.6 Å². The van der Waals surface area contributed by atoms with E-state index >= 15 is 0 Å². The van der Waals surface area contributed by atoms with E-state index < -0.39 is 10.0 Å². The molecule has 9 heteroatoms. The second kappa shape index (κ2) is 8.23. The molecule has 0 amide bonds. The number of nitrogens with zero attached hydrogens (tertiary/aromatic N) is 3. The first-order valence-corrected chi connectivity index (χ1v) is 10.8. The van der Waals surface area contributed by atoms with Crippen molar-refractivity contribution in [2.45, 2.75) is 11.8 Å². The second-order valence-electron chi connectivity index (χ2n) is 6.72. The Labute approximate surface area is 174 Å². The number of rotatable bonds is 7. The lowest BCUT2D eigenvalue weighted by Gasteiger charge is -2.12. The molecule has 0 aliphatic heterocycles. The predicted molar refractivity (Wildman–Crippen MR) is 115 cm³/mol. The third-order valence-electron chi connectivity index (χ3n) is 4.46. The van der Waals surface area contributed by atoms with Crippen LogP contribution in [0, 0.1) is 6.92 Å². The number of aliphatic hydroxyl groups excluding tert-OH is 1. The van der Waals surface area contributed by atoms with Crippen molar-refractivity contribution in [1.82, 2.24) is 19.3 Å². The van der Waals surface area contributed by atoms with Gasteiger partial charge in [0.25, 0.3) is 0 Å². The van der Waals surface area contributed by atoms with Gasteiger partial charge in [-0.25, -0.2) is 18.1 Å². The van der Waals surface area contributed by atoms with E-state index in [0.29, 0.717) is 17.2 Å². The number of aromatic nitrogens is 3. The van der Waals surface area contributed by atoms with E-state index in [1.165, 1.54) is 12.1 Å². The van der Waals surface area contributed by atoms with Crippen molar-refractivity contribution in [2.24, 2.45) is 0 Å². The van der Waals surface area contributed by atoms with Gasteiger partial charge in [0.15, 0.2) is 5.65 Å². The Morgan fingerprint density at radius 2 is 1.77 bits per heavy atom. The summed E-state index contributed by atoms with van der Waals surface area (Å²) in [7, 11) is -3.65. The Morgan fingerprint density at radius 3 is 2.47 bits per heavy atom. The van der Waals surface area contributed by atoms with E-state index in [1.54, 1.807) is 16.6 Å². The number of sulfonamides is 1. The van der Waals surface area contributed by atoms with Crippen LogP contribution in [0.4, 0.5) is 11.5 Å². The minimum absolute atomic E-state index is 0.0295. The molecule has 0 aliphatic rings. The van der Waals surface area contributed by atoms with Gasteiger partial charge in [0.2, 0.25) is 10.0 Å². The normalized spacial score (nSPS) is 11.7. The predicted octanol–water partition coefficient (Wildman–Crippen LogP) is 2.72. The van der Waals surface area contributed by atoms with Gasteiger partial charge in [-0.15, -0.1) is 0 Å². The Bertz CT molecular complexity index is 1270. The number of aryl methyl sites for hydroxylation is 1. The van der Waals surface area contributed by atoms with Crippen molar-refractivity contribution in [3.63, 3.8) is 0 Å². The molecule has 0 saturated carbocycles. The fraction of sp³-hybridized carbons (Fsp3) is 0.143. The highest BCUT2D eigenvalue weighted by atomic mass is 32.2. The molecule has 2 aromatic carbocycles. The standard InChI is InChI=1S/C21H21N5O3S/c1-15-13-20-24-19(16-5-3-2-4-6-16)14-21(26(20)25-15)23-17-7-9-18(10-8-17)30(28,29)22-11-12-27/h2-10,13-14,22-23,27H,11-12H2,1H3. The summed E-state index contributed by atoms with van der Waals surface area (Å²) in [5, 5.41) is 16.6. The Kier molecular flexibility index (Phi) is 5.49. The number of anilines is 2. The monoisotopic (exact) mass is 423 g/mol. The van der Waals surface area contributed by atoms with Crippen LogP contribution >= 0.6 is 0 Å². The largest absolute Gasteiger partial charge is 0.395 e. The van der Waals surface area contributed by atoms with Gasteiger partial charge in [0.1, 0.15) is 5.82 Å². The maximum absolute atomic E-state index is 12.2. The topological polar surface area (TPSA) is 109 Å². The number of hydrogen-bond acceptors (Lipinski definition) is 6. The second-order valence-corrected chi connectivity index (χ2v) is 8.49. The summed E-state index contributed by atoms with van der Waals surface area (Å²) in [6.07, 6.45) is 0. The summed E-state index contributed by atoms with van der Waals surface area (Å²) < 4.78 is 28.4. The minimum Gasteiger partial charge on any atom is -0.395 e. The molecule has 4 rings (SSSR count). The van der Waals surface area contributed by atoms with E-state index in [0.717, 1.165) is 17.0 Å². The van der Waals surface area contributed by atoms with E-state index in [2.05, 4.69) is 15.1 Å². The highest BCUT2D eigenvalue weighted by Gasteiger charge is 2.14. The Morgan fingerprint density at radius 1 is 1.03 bits per heavy atom. The first-order chi connectivity index (χ1) is 14.5. The van der Waals surface area contributed by atoms with E-state index in [9.17, 15) is 8.42 Å². The summed E-state index contributed by atoms with van der Waals surface area (Å²) in [6.45, 7) is 1.61. The molecule has 8 nitrogen and oxygen atoms in total. The van der Waals surface area contributed by atoms with Crippen molar-refractivity contribution in [3.8, 4) is 11.3 Å². The average Bonchev–Trinajstić information content (AvgIpc) is 3.14. The van der Waals surface area contributed by atoms with Gasteiger partial charge in [0, 0.05) is 29.9 Å². The van der Waals surface area contributed by atoms with Crippen LogP contribution in [0.25, 0.3) is 16.9 Å². The molecule has 0 spiro atoms. The third-order valence-corrected chi connectivity index (χ3v) is 5.94. The summed E-state index contributed by atoms with van der Waals surface area (Å²) >= 11 is 0. The number of aliphatic hydroxyl groups is 1. The quantitative estimate of drug-likeness (QED) is 0.422. The molecule has 154 valence electrons. The summed E-state index contributed by atoms with van der Waals surface area (Å²) in [5.41, 5.74) is 4.04. The first kappa shape index (κ1) is 20.0. The molecule has 0 fully saturated rings. The smallest absolute Gasteiger partial charge is 0.240 e. The van der Waals surface area contributed by atoms with Crippen LogP contribution in [0.2, 0.25) is 0 Å². The molecule has 0 aliphatic carbocycles. The molecule has 4 aromatic rings. The molecule has 0 unspecified atom stereocenters. The molecule has 0 saturated heterocycles. The van der Waals surface area contributed by atoms with Crippen LogP contribution in [-0.4, -0.2) is 41.3 Å². The molecule has 30 heavy (non-hydrogen) atoms. The van der Waals surface area contributed by atoms with E-state index in [1.807, 2.05) is 49.4 Å². The molecular formula is C21H21N5O3S. The maximum Gasteiger partial charge on any atom is 0.240 e. The molecular weight excluding hydrogens is 402 g/mol. The number of nitrogens with one attached hydrogen (secondary N) is 2. The zero-order valence-corrected chi connectivity index (χ0v) is 17.1. The van der Waals surface area contributed by atoms with Gasteiger partial charge in [-0.3, -0.25) is 0 Å². The first-order valence-electron chi connectivity index (χ1n) is 9.37. The number of hydrogen-bond donors (Lipinski definition) is 3. The lowest BCUT2D eigenvalue weighted by atomic mass is 10.1. The molecule has 2 heterocycles. The van der Waals surface area contributed by atoms with Gasteiger partial charge in [0.05, 0.1) is 22.9 Å².